The second-order valence-corrected chi connectivity index (χ2v) is 10.5. The number of hydrogen-bond acceptors (Lipinski definition) is 4. The zero-order valence-corrected chi connectivity index (χ0v) is 22.8. The first-order chi connectivity index (χ1) is 18.5. The van der Waals surface area contributed by atoms with Crippen molar-refractivity contribution in [2.45, 2.75) is 65.2 Å². The van der Waals surface area contributed by atoms with Gasteiger partial charge in [-0.2, -0.15) is 0 Å². The smallest absolute Gasteiger partial charge is 0.184 e. The predicted octanol–water partition coefficient (Wildman–Crippen LogP) is 8.92. The van der Waals surface area contributed by atoms with Gasteiger partial charge in [0.15, 0.2) is 23.0 Å². The van der Waals surface area contributed by atoms with Gasteiger partial charge in [0.1, 0.15) is 0 Å². The van der Waals surface area contributed by atoms with E-state index in [0.29, 0.717) is 11.5 Å². The van der Waals surface area contributed by atoms with E-state index in [1.807, 2.05) is 88.4 Å². The molecule has 38 heavy (non-hydrogen) atoms. The van der Waals surface area contributed by atoms with Crippen molar-refractivity contribution in [2.75, 3.05) is 0 Å². The molecule has 196 valence electrons. The normalized spacial score (nSPS) is 14.5. The molecule has 1 aliphatic carbocycles. The molecule has 0 saturated heterocycles. The molecule has 1 fully saturated rings. The van der Waals surface area contributed by atoms with E-state index >= 15 is 0 Å². The Balaban J connectivity index is 1.32. The Morgan fingerprint density at radius 3 is 1.18 bits per heavy atom. The van der Waals surface area contributed by atoms with E-state index in [2.05, 4.69) is 24.3 Å². The molecule has 5 rings (SSSR count). The van der Waals surface area contributed by atoms with Crippen LogP contribution in [0.3, 0.4) is 0 Å². The third-order valence-corrected chi connectivity index (χ3v) is 7.78. The van der Waals surface area contributed by atoms with Gasteiger partial charge in [0.2, 0.25) is 0 Å². The fourth-order valence-corrected chi connectivity index (χ4v) is 5.60. The van der Waals surface area contributed by atoms with Crippen LogP contribution in [0.2, 0.25) is 0 Å². The van der Waals surface area contributed by atoms with Gasteiger partial charge in [-0.05, 0) is 98.2 Å². The highest BCUT2D eigenvalue weighted by atomic mass is 17.2. The Labute approximate surface area is 226 Å². The largest absolute Gasteiger partial charge is 0.290 e. The summed E-state index contributed by atoms with van der Waals surface area (Å²) in [5.41, 5.74) is 6.78. The predicted molar refractivity (Wildman–Crippen MR) is 151 cm³/mol. The van der Waals surface area contributed by atoms with Crippen molar-refractivity contribution in [1.29, 1.82) is 0 Å². The molecular weight excluding hydrogens is 472 g/mol. The standard InChI is InChI=1S/C34H36O4/c1-24-10-8-11-25(2)32(24)37-35-30-18-14-28(15-19-30)34(22-6-5-7-23-34)29-16-20-31(21-17-29)36-38-33-26(3)12-9-13-27(33)4/h8-21H,5-7,22-23H2,1-4H3. The first kappa shape index (κ1) is 25.7. The van der Waals surface area contributed by atoms with Gasteiger partial charge in [-0.1, -0.05) is 79.9 Å². The second kappa shape index (κ2) is 11.2. The number of para-hydroxylation sites is 2. The van der Waals surface area contributed by atoms with Crippen LogP contribution in [0.25, 0.3) is 0 Å². The molecule has 0 unspecified atom stereocenters. The van der Waals surface area contributed by atoms with Crippen molar-refractivity contribution >= 4 is 0 Å². The van der Waals surface area contributed by atoms with Crippen LogP contribution in [0, 0.1) is 27.7 Å². The van der Waals surface area contributed by atoms with Gasteiger partial charge in [0.05, 0.1) is 0 Å². The lowest BCUT2D eigenvalue weighted by Crippen LogP contribution is -2.30. The highest BCUT2D eigenvalue weighted by Gasteiger charge is 2.35. The lowest BCUT2D eigenvalue weighted by Gasteiger charge is -2.38. The minimum atomic E-state index is -0.0315. The minimum Gasteiger partial charge on any atom is -0.290 e. The van der Waals surface area contributed by atoms with Crippen LogP contribution in [0.15, 0.2) is 84.9 Å². The Bertz CT molecular complexity index is 1230. The summed E-state index contributed by atoms with van der Waals surface area (Å²) in [6, 6.07) is 28.9. The third-order valence-electron chi connectivity index (χ3n) is 7.78. The van der Waals surface area contributed by atoms with Gasteiger partial charge in [0.25, 0.3) is 0 Å². The number of hydrogen-bond donors (Lipinski definition) is 0. The zero-order valence-electron chi connectivity index (χ0n) is 22.8. The Morgan fingerprint density at radius 2 is 0.816 bits per heavy atom. The van der Waals surface area contributed by atoms with E-state index < -0.39 is 0 Å². The Morgan fingerprint density at radius 1 is 0.447 bits per heavy atom. The molecule has 4 aromatic rings. The molecule has 0 bridgehead atoms. The van der Waals surface area contributed by atoms with Gasteiger partial charge < -0.3 is 0 Å². The summed E-state index contributed by atoms with van der Waals surface area (Å²) in [6.45, 7) is 8.09. The maximum Gasteiger partial charge on any atom is 0.184 e. The number of rotatable bonds is 8. The monoisotopic (exact) mass is 508 g/mol. The third kappa shape index (κ3) is 5.35. The van der Waals surface area contributed by atoms with E-state index in [-0.39, 0.29) is 5.41 Å². The molecule has 4 nitrogen and oxygen atoms in total. The summed E-state index contributed by atoms with van der Waals surface area (Å²) in [5.74, 6) is 2.91. The van der Waals surface area contributed by atoms with Crippen LogP contribution in [-0.2, 0) is 5.41 Å². The molecule has 1 saturated carbocycles. The minimum absolute atomic E-state index is 0.0315. The molecular formula is C34H36O4. The molecule has 0 aromatic heterocycles. The van der Waals surface area contributed by atoms with E-state index in [1.165, 1.54) is 30.4 Å². The average Bonchev–Trinajstić information content (AvgIpc) is 2.93. The van der Waals surface area contributed by atoms with Gasteiger partial charge in [-0.15, -0.1) is 0 Å². The highest BCUT2D eigenvalue weighted by molar-refractivity contribution is 5.45. The average molecular weight is 509 g/mol. The zero-order chi connectivity index (χ0) is 26.5. The molecule has 0 amide bonds. The summed E-state index contributed by atoms with van der Waals surface area (Å²) in [4.78, 5) is 22.8. The van der Waals surface area contributed by atoms with Gasteiger partial charge in [0, 0.05) is 5.41 Å². The molecule has 0 radical (unpaired) electrons. The van der Waals surface area contributed by atoms with Gasteiger partial charge in [-0.3, -0.25) is 19.6 Å². The lowest BCUT2D eigenvalue weighted by molar-refractivity contribution is -0.101. The van der Waals surface area contributed by atoms with Crippen LogP contribution in [0.5, 0.6) is 23.0 Å². The van der Waals surface area contributed by atoms with E-state index in [4.69, 9.17) is 19.6 Å². The van der Waals surface area contributed by atoms with Crippen molar-refractivity contribution in [1.82, 2.24) is 0 Å². The fraction of sp³-hybridized carbons (Fsp3) is 0.294. The van der Waals surface area contributed by atoms with Crippen LogP contribution in [0.4, 0.5) is 0 Å². The van der Waals surface area contributed by atoms with Crippen molar-refractivity contribution in [3.8, 4) is 23.0 Å². The molecule has 0 aliphatic heterocycles. The lowest BCUT2D eigenvalue weighted by atomic mass is 9.65. The van der Waals surface area contributed by atoms with Crippen LogP contribution < -0.4 is 19.6 Å². The van der Waals surface area contributed by atoms with Crippen LogP contribution in [0.1, 0.15) is 65.5 Å². The topological polar surface area (TPSA) is 36.9 Å². The molecule has 0 spiro atoms. The molecule has 0 heterocycles. The van der Waals surface area contributed by atoms with Crippen LogP contribution >= 0.6 is 0 Å². The summed E-state index contributed by atoms with van der Waals surface area (Å²) in [7, 11) is 0. The molecule has 4 aromatic carbocycles. The van der Waals surface area contributed by atoms with Crippen LogP contribution in [-0.4, -0.2) is 0 Å². The first-order valence-corrected chi connectivity index (χ1v) is 13.5. The quantitative estimate of drug-likeness (QED) is 0.176. The molecule has 0 N–H and O–H groups in total. The maximum absolute atomic E-state index is 5.71. The fourth-order valence-electron chi connectivity index (χ4n) is 5.60. The summed E-state index contributed by atoms with van der Waals surface area (Å²) in [6.07, 6.45) is 5.93. The maximum atomic E-state index is 5.71. The van der Waals surface area contributed by atoms with Gasteiger partial charge in [-0.25, -0.2) is 0 Å². The molecule has 0 atom stereocenters. The van der Waals surface area contributed by atoms with E-state index in [1.54, 1.807) is 0 Å². The number of aryl methyl sites for hydroxylation is 4. The van der Waals surface area contributed by atoms with Crippen molar-refractivity contribution in [2.24, 2.45) is 0 Å². The summed E-state index contributed by atoms with van der Waals surface area (Å²) >= 11 is 0. The van der Waals surface area contributed by atoms with Crippen molar-refractivity contribution in [3.63, 3.8) is 0 Å². The number of benzene rings is 4. The van der Waals surface area contributed by atoms with Gasteiger partial charge >= 0.3 is 0 Å². The van der Waals surface area contributed by atoms with Crippen molar-refractivity contribution in [3.05, 3.63) is 118 Å². The SMILES string of the molecule is Cc1cccc(C)c1OOc1ccc(C2(c3ccc(OOc4c(C)cccc4C)cc3)CCCCC2)cc1. The first-order valence-electron chi connectivity index (χ1n) is 13.5. The second-order valence-electron chi connectivity index (χ2n) is 10.5. The Hall–Kier alpha value is -3.92. The van der Waals surface area contributed by atoms with E-state index in [9.17, 15) is 0 Å². The summed E-state index contributed by atoms with van der Waals surface area (Å²) in [5, 5.41) is 0. The summed E-state index contributed by atoms with van der Waals surface area (Å²) < 4.78 is 0. The van der Waals surface area contributed by atoms with Crippen molar-refractivity contribution < 1.29 is 19.6 Å². The highest BCUT2D eigenvalue weighted by Crippen LogP contribution is 2.45. The molecule has 1 aliphatic rings. The van der Waals surface area contributed by atoms with E-state index in [0.717, 1.165) is 46.6 Å². The Kier molecular flexibility index (Phi) is 7.59. The molecule has 4 heteroatoms.